The minimum absolute atomic E-state index is 0. The Hall–Kier alpha value is -1.06. The minimum atomic E-state index is 0. The highest BCUT2D eigenvalue weighted by atomic mass is 35.5. The van der Waals surface area contributed by atoms with E-state index in [4.69, 9.17) is 0 Å². The van der Waals surface area contributed by atoms with E-state index in [0.29, 0.717) is 19.0 Å². The molecule has 1 amide bonds. The smallest absolute Gasteiger partial charge is 0.220 e. The maximum absolute atomic E-state index is 11.7. The number of amides is 1. The molecule has 0 saturated carbocycles. The summed E-state index contributed by atoms with van der Waals surface area (Å²) in [5, 5.41) is 6.04. The van der Waals surface area contributed by atoms with Crippen molar-refractivity contribution in [2.45, 2.75) is 52.0 Å². The highest BCUT2D eigenvalue weighted by Gasteiger charge is 2.13. The Bertz CT molecular complexity index is 423. The third-order valence-corrected chi connectivity index (χ3v) is 3.56. The first-order valence-corrected chi connectivity index (χ1v) is 7.36. The normalized spacial score (nSPS) is 12.4. The summed E-state index contributed by atoms with van der Waals surface area (Å²) in [6.45, 7) is 9.35. The van der Waals surface area contributed by atoms with Crippen LogP contribution in [-0.2, 0) is 16.6 Å². The van der Waals surface area contributed by atoms with Crippen LogP contribution in [0.5, 0.6) is 0 Å². The first-order chi connectivity index (χ1) is 9.32. The predicted molar refractivity (Wildman–Crippen MR) is 92.2 cm³/mol. The number of rotatable bonds is 6. The lowest BCUT2D eigenvalue weighted by molar-refractivity contribution is -0.121. The lowest BCUT2D eigenvalue weighted by Crippen LogP contribution is -2.37. The maximum Gasteiger partial charge on any atom is 0.220 e. The second-order valence-corrected chi connectivity index (χ2v) is 6.44. The first kappa shape index (κ1) is 19.9. The maximum atomic E-state index is 11.7. The van der Waals surface area contributed by atoms with E-state index in [0.717, 1.165) is 6.42 Å². The van der Waals surface area contributed by atoms with Gasteiger partial charge in [0.15, 0.2) is 0 Å². The molecule has 0 aromatic heterocycles. The van der Waals surface area contributed by atoms with Crippen molar-refractivity contribution in [3.8, 4) is 0 Å². The van der Waals surface area contributed by atoms with Gasteiger partial charge in [-0.3, -0.25) is 4.79 Å². The van der Waals surface area contributed by atoms with Gasteiger partial charge in [0, 0.05) is 19.0 Å². The summed E-state index contributed by atoms with van der Waals surface area (Å²) in [5.74, 6) is 0.118. The van der Waals surface area contributed by atoms with Crippen molar-refractivity contribution in [3.05, 3.63) is 35.4 Å². The number of hydrogen-bond acceptors (Lipinski definition) is 2. The van der Waals surface area contributed by atoms with E-state index >= 15 is 0 Å². The molecule has 120 valence electrons. The quantitative estimate of drug-likeness (QED) is 0.847. The SMILES string of the molecule is CNC(C)CNC(=O)CCc1ccc(C(C)(C)C)cc1.Cl. The fraction of sp³-hybridized carbons (Fsp3) is 0.588. The molecule has 0 fully saturated rings. The highest BCUT2D eigenvalue weighted by molar-refractivity contribution is 5.85. The monoisotopic (exact) mass is 312 g/mol. The van der Waals surface area contributed by atoms with Gasteiger partial charge >= 0.3 is 0 Å². The largest absolute Gasteiger partial charge is 0.355 e. The van der Waals surface area contributed by atoms with Gasteiger partial charge in [-0.15, -0.1) is 12.4 Å². The molecule has 0 aliphatic heterocycles. The third-order valence-electron chi connectivity index (χ3n) is 3.56. The highest BCUT2D eigenvalue weighted by Crippen LogP contribution is 2.22. The number of hydrogen-bond donors (Lipinski definition) is 2. The average Bonchev–Trinajstić information content (AvgIpc) is 2.41. The van der Waals surface area contributed by atoms with Gasteiger partial charge in [-0.2, -0.15) is 0 Å². The van der Waals surface area contributed by atoms with Crippen LogP contribution in [0.25, 0.3) is 0 Å². The van der Waals surface area contributed by atoms with E-state index in [1.165, 1.54) is 11.1 Å². The zero-order chi connectivity index (χ0) is 15.2. The molecule has 0 saturated heterocycles. The van der Waals surface area contributed by atoms with Gasteiger partial charge in [-0.1, -0.05) is 45.0 Å². The summed E-state index contributed by atoms with van der Waals surface area (Å²) in [5.41, 5.74) is 2.72. The molecule has 0 heterocycles. The Balaban J connectivity index is 0.00000400. The van der Waals surface area contributed by atoms with E-state index in [1.54, 1.807) is 0 Å². The molecule has 1 aromatic rings. The number of benzene rings is 1. The molecule has 1 unspecified atom stereocenters. The van der Waals surface area contributed by atoms with Crippen molar-refractivity contribution < 1.29 is 4.79 Å². The molecule has 0 bridgehead atoms. The standard InChI is InChI=1S/C17H28N2O.ClH/c1-13(18-5)12-19-16(20)11-8-14-6-9-15(10-7-14)17(2,3)4;/h6-7,9-10,13,18H,8,11-12H2,1-5H3,(H,19,20);1H. The van der Waals surface area contributed by atoms with Crippen LogP contribution in [0, 0.1) is 0 Å². The van der Waals surface area contributed by atoms with Gasteiger partial charge in [0.05, 0.1) is 0 Å². The van der Waals surface area contributed by atoms with Crippen LogP contribution in [-0.4, -0.2) is 25.5 Å². The molecule has 1 aromatic carbocycles. The number of aryl methyl sites for hydroxylation is 1. The van der Waals surface area contributed by atoms with Crippen LogP contribution < -0.4 is 10.6 Å². The molecule has 0 radical (unpaired) electrons. The van der Waals surface area contributed by atoms with E-state index in [2.05, 4.69) is 55.7 Å². The van der Waals surface area contributed by atoms with Crippen molar-refractivity contribution in [1.29, 1.82) is 0 Å². The van der Waals surface area contributed by atoms with Gasteiger partial charge < -0.3 is 10.6 Å². The fourth-order valence-electron chi connectivity index (χ4n) is 1.89. The van der Waals surface area contributed by atoms with E-state index in [-0.39, 0.29) is 23.7 Å². The molecular formula is C17H29ClN2O. The number of halogens is 1. The van der Waals surface area contributed by atoms with Gasteiger partial charge in [-0.25, -0.2) is 0 Å². The Labute approximate surface area is 135 Å². The topological polar surface area (TPSA) is 41.1 Å². The number of carbonyl (C=O) groups is 1. The molecule has 1 atom stereocenters. The molecule has 0 aliphatic carbocycles. The van der Waals surface area contributed by atoms with Crippen LogP contribution in [0.4, 0.5) is 0 Å². The van der Waals surface area contributed by atoms with Gasteiger partial charge in [0.1, 0.15) is 0 Å². The number of nitrogens with one attached hydrogen (secondary N) is 2. The van der Waals surface area contributed by atoms with Crippen molar-refractivity contribution in [3.63, 3.8) is 0 Å². The third kappa shape index (κ3) is 7.49. The average molecular weight is 313 g/mol. The molecule has 3 nitrogen and oxygen atoms in total. The van der Waals surface area contributed by atoms with E-state index in [9.17, 15) is 4.79 Å². The van der Waals surface area contributed by atoms with Gasteiger partial charge in [0.25, 0.3) is 0 Å². The van der Waals surface area contributed by atoms with E-state index < -0.39 is 0 Å². The van der Waals surface area contributed by atoms with Crippen LogP contribution in [0.2, 0.25) is 0 Å². The van der Waals surface area contributed by atoms with Gasteiger partial charge in [-0.05, 0) is 36.9 Å². The molecule has 21 heavy (non-hydrogen) atoms. The number of likely N-dealkylation sites (N-methyl/N-ethyl adjacent to an activating group) is 1. The van der Waals surface area contributed by atoms with Crippen LogP contribution >= 0.6 is 12.4 Å². The van der Waals surface area contributed by atoms with Gasteiger partial charge in [0.2, 0.25) is 5.91 Å². The summed E-state index contributed by atoms with van der Waals surface area (Å²) in [6.07, 6.45) is 1.34. The Kier molecular flexibility index (Phi) is 8.60. The Morgan fingerprint density at radius 2 is 1.76 bits per heavy atom. The van der Waals surface area contributed by atoms with Crippen molar-refractivity contribution in [2.75, 3.05) is 13.6 Å². The zero-order valence-corrected chi connectivity index (χ0v) is 14.6. The van der Waals surface area contributed by atoms with Crippen LogP contribution in [0.3, 0.4) is 0 Å². The van der Waals surface area contributed by atoms with Crippen LogP contribution in [0.1, 0.15) is 45.2 Å². The molecule has 4 heteroatoms. The van der Waals surface area contributed by atoms with Crippen molar-refractivity contribution in [1.82, 2.24) is 10.6 Å². The zero-order valence-electron chi connectivity index (χ0n) is 13.8. The molecule has 1 rings (SSSR count). The van der Waals surface area contributed by atoms with E-state index in [1.807, 2.05) is 14.0 Å². The fourth-order valence-corrected chi connectivity index (χ4v) is 1.89. The summed E-state index contributed by atoms with van der Waals surface area (Å²) in [4.78, 5) is 11.7. The van der Waals surface area contributed by atoms with Crippen molar-refractivity contribution >= 4 is 18.3 Å². The lowest BCUT2D eigenvalue weighted by Gasteiger charge is -2.19. The second kappa shape index (κ2) is 9.06. The minimum Gasteiger partial charge on any atom is -0.355 e. The molecule has 0 spiro atoms. The van der Waals surface area contributed by atoms with Crippen molar-refractivity contribution in [2.24, 2.45) is 0 Å². The summed E-state index contributed by atoms with van der Waals surface area (Å²) in [6, 6.07) is 8.89. The second-order valence-electron chi connectivity index (χ2n) is 6.44. The molecular weight excluding hydrogens is 284 g/mol. The summed E-state index contributed by atoms with van der Waals surface area (Å²) < 4.78 is 0. The summed E-state index contributed by atoms with van der Waals surface area (Å²) >= 11 is 0. The predicted octanol–water partition coefficient (Wildman–Crippen LogP) is 3.06. The molecule has 2 N–H and O–H groups in total. The molecule has 0 aliphatic rings. The lowest BCUT2D eigenvalue weighted by atomic mass is 9.86. The first-order valence-electron chi connectivity index (χ1n) is 7.36. The summed E-state index contributed by atoms with van der Waals surface area (Å²) in [7, 11) is 1.90. The Morgan fingerprint density at radius 1 is 1.19 bits per heavy atom. The Morgan fingerprint density at radius 3 is 2.24 bits per heavy atom. The van der Waals surface area contributed by atoms with Crippen LogP contribution in [0.15, 0.2) is 24.3 Å². The number of carbonyl (C=O) groups excluding carboxylic acids is 1.